The molecule has 0 fully saturated rings. The van der Waals surface area contributed by atoms with Crippen LogP contribution in [0, 0.1) is 6.92 Å². The maximum Gasteiger partial charge on any atom is 0.231 e. The summed E-state index contributed by atoms with van der Waals surface area (Å²) in [5.41, 5.74) is 8.27. The van der Waals surface area contributed by atoms with Crippen LogP contribution in [0.1, 0.15) is 16.8 Å². The molecule has 5 nitrogen and oxygen atoms in total. The fraction of sp³-hybridized carbons (Fsp3) is 0.231. The smallest absolute Gasteiger partial charge is 0.231 e. The van der Waals surface area contributed by atoms with Gasteiger partial charge in [-0.3, -0.25) is 0 Å². The second-order valence-corrected chi connectivity index (χ2v) is 4.66. The molecule has 2 aromatic rings. The number of nitrogens with two attached hydrogens (primary N) is 1. The summed E-state index contributed by atoms with van der Waals surface area (Å²) in [5.74, 6) is 1.71. The number of ether oxygens (including phenoxy) is 2. The molecule has 0 atom stereocenters. The SMILES string of the molecule is Cc1nc(N)nc(Cl)c1Cc1ccc2c(c1)OCO2. The van der Waals surface area contributed by atoms with Crippen molar-refractivity contribution in [1.29, 1.82) is 0 Å². The monoisotopic (exact) mass is 277 g/mol. The van der Waals surface area contributed by atoms with E-state index in [1.54, 1.807) is 0 Å². The summed E-state index contributed by atoms with van der Waals surface area (Å²) < 4.78 is 10.6. The Hall–Kier alpha value is -2.01. The predicted octanol–water partition coefficient (Wildman–Crippen LogP) is 2.34. The van der Waals surface area contributed by atoms with E-state index in [4.69, 9.17) is 26.8 Å². The van der Waals surface area contributed by atoms with Gasteiger partial charge in [-0.1, -0.05) is 17.7 Å². The van der Waals surface area contributed by atoms with Crippen molar-refractivity contribution in [2.24, 2.45) is 0 Å². The number of rotatable bonds is 2. The zero-order chi connectivity index (χ0) is 13.4. The number of benzene rings is 1. The Bertz CT molecular complexity index is 623. The number of halogens is 1. The molecule has 3 rings (SSSR count). The van der Waals surface area contributed by atoms with Gasteiger partial charge < -0.3 is 15.2 Å². The molecule has 98 valence electrons. The number of aryl methyl sites for hydroxylation is 1. The summed E-state index contributed by atoms with van der Waals surface area (Å²) in [6.07, 6.45) is 0.627. The molecule has 0 saturated heterocycles. The van der Waals surface area contributed by atoms with Crippen molar-refractivity contribution in [2.75, 3.05) is 12.5 Å². The van der Waals surface area contributed by atoms with Crippen molar-refractivity contribution in [3.63, 3.8) is 0 Å². The van der Waals surface area contributed by atoms with Gasteiger partial charge in [0.15, 0.2) is 11.5 Å². The lowest BCUT2D eigenvalue weighted by atomic mass is 10.0. The average molecular weight is 278 g/mol. The molecule has 2 heterocycles. The standard InChI is InChI=1S/C13H12ClN3O2/c1-7-9(12(14)17-13(15)16-7)4-8-2-3-10-11(5-8)19-6-18-10/h2-3,5H,4,6H2,1H3,(H2,15,16,17). The Labute approximate surface area is 115 Å². The predicted molar refractivity (Wildman–Crippen MR) is 71.6 cm³/mol. The summed E-state index contributed by atoms with van der Waals surface area (Å²) in [6, 6.07) is 5.80. The van der Waals surface area contributed by atoms with E-state index < -0.39 is 0 Å². The van der Waals surface area contributed by atoms with E-state index in [-0.39, 0.29) is 12.7 Å². The average Bonchev–Trinajstić information content (AvgIpc) is 2.81. The highest BCUT2D eigenvalue weighted by Gasteiger charge is 2.15. The maximum atomic E-state index is 6.11. The minimum absolute atomic E-state index is 0.192. The van der Waals surface area contributed by atoms with Gasteiger partial charge in [-0.2, -0.15) is 0 Å². The first-order valence-corrected chi connectivity index (χ1v) is 6.18. The van der Waals surface area contributed by atoms with Gasteiger partial charge in [0, 0.05) is 17.7 Å². The topological polar surface area (TPSA) is 70.3 Å². The van der Waals surface area contributed by atoms with Crippen LogP contribution in [0.15, 0.2) is 18.2 Å². The Morgan fingerprint density at radius 1 is 1.26 bits per heavy atom. The molecule has 1 aliphatic heterocycles. The third-order valence-corrected chi connectivity index (χ3v) is 3.31. The molecule has 0 unspecified atom stereocenters. The van der Waals surface area contributed by atoms with Crippen LogP contribution in [0.3, 0.4) is 0 Å². The molecule has 0 amide bonds. The molecule has 0 bridgehead atoms. The minimum atomic E-state index is 0.192. The largest absolute Gasteiger partial charge is 0.454 e. The first-order chi connectivity index (χ1) is 9.13. The number of hydrogen-bond acceptors (Lipinski definition) is 5. The lowest BCUT2D eigenvalue weighted by molar-refractivity contribution is 0.174. The zero-order valence-electron chi connectivity index (χ0n) is 10.3. The van der Waals surface area contributed by atoms with E-state index in [1.807, 2.05) is 25.1 Å². The highest BCUT2D eigenvalue weighted by atomic mass is 35.5. The Balaban J connectivity index is 1.93. The first kappa shape index (κ1) is 12.0. The Kier molecular flexibility index (Phi) is 2.91. The molecule has 0 saturated carbocycles. The van der Waals surface area contributed by atoms with Gasteiger partial charge >= 0.3 is 0 Å². The van der Waals surface area contributed by atoms with Crippen LogP contribution in [-0.2, 0) is 6.42 Å². The fourth-order valence-electron chi connectivity index (χ4n) is 2.04. The summed E-state index contributed by atoms with van der Waals surface area (Å²) in [4.78, 5) is 8.11. The highest BCUT2D eigenvalue weighted by molar-refractivity contribution is 6.30. The zero-order valence-corrected chi connectivity index (χ0v) is 11.1. The van der Waals surface area contributed by atoms with E-state index in [1.165, 1.54) is 0 Å². The van der Waals surface area contributed by atoms with Crippen molar-refractivity contribution >= 4 is 17.5 Å². The van der Waals surface area contributed by atoms with Gasteiger partial charge in [0.1, 0.15) is 5.15 Å². The minimum Gasteiger partial charge on any atom is -0.454 e. The second-order valence-electron chi connectivity index (χ2n) is 4.30. The molecule has 1 aromatic heterocycles. The third-order valence-electron chi connectivity index (χ3n) is 3.00. The lowest BCUT2D eigenvalue weighted by Gasteiger charge is -2.08. The maximum absolute atomic E-state index is 6.11. The fourth-order valence-corrected chi connectivity index (χ4v) is 2.33. The number of aromatic nitrogens is 2. The van der Waals surface area contributed by atoms with Crippen molar-refractivity contribution in [3.05, 3.63) is 40.2 Å². The normalized spacial score (nSPS) is 12.7. The summed E-state index contributed by atoms with van der Waals surface area (Å²) >= 11 is 6.11. The number of fused-ring (bicyclic) bond motifs is 1. The van der Waals surface area contributed by atoms with Crippen LogP contribution in [0.5, 0.6) is 11.5 Å². The number of anilines is 1. The van der Waals surface area contributed by atoms with Gasteiger partial charge in [-0.05, 0) is 24.6 Å². The quantitative estimate of drug-likeness (QED) is 0.853. The molecule has 0 radical (unpaired) electrons. The number of hydrogen-bond donors (Lipinski definition) is 1. The first-order valence-electron chi connectivity index (χ1n) is 5.80. The Morgan fingerprint density at radius 3 is 2.84 bits per heavy atom. The molecular formula is C13H12ClN3O2. The molecule has 6 heteroatoms. The molecule has 0 aliphatic carbocycles. The molecule has 1 aliphatic rings. The summed E-state index contributed by atoms with van der Waals surface area (Å²) in [6.45, 7) is 2.13. The van der Waals surface area contributed by atoms with Crippen molar-refractivity contribution in [3.8, 4) is 11.5 Å². The van der Waals surface area contributed by atoms with Crippen LogP contribution < -0.4 is 15.2 Å². The van der Waals surface area contributed by atoms with Crippen LogP contribution >= 0.6 is 11.6 Å². The van der Waals surface area contributed by atoms with Gasteiger partial charge in [0.05, 0.1) is 0 Å². The van der Waals surface area contributed by atoms with E-state index >= 15 is 0 Å². The van der Waals surface area contributed by atoms with Crippen molar-refractivity contribution < 1.29 is 9.47 Å². The van der Waals surface area contributed by atoms with E-state index in [0.29, 0.717) is 11.6 Å². The third kappa shape index (κ3) is 2.29. The van der Waals surface area contributed by atoms with Gasteiger partial charge in [-0.15, -0.1) is 0 Å². The van der Waals surface area contributed by atoms with Gasteiger partial charge in [0.2, 0.25) is 12.7 Å². The number of nitrogen functional groups attached to an aromatic ring is 1. The second kappa shape index (κ2) is 4.59. The molecule has 0 spiro atoms. The summed E-state index contributed by atoms with van der Waals surface area (Å²) in [5, 5.41) is 0.391. The van der Waals surface area contributed by atoms with Crippen LogP contribution in [-0.4, -0.2) is 16.8 Å². The molecular weight excluding hydrogens is 266 g/mol. The van der Waals surface area contributed by atoms with Crippen LogP contribution in [0.2, 0.25) is 5.15 Å². The van der Waals surface area contributed by atoms with Gasteiger partial charge in [0.25, 0.3) is 0 Å². The van der Waals surface area contributed by atoms with Crippen LogP contribution in [0.25, 0.3) is 0 Å². The van der Waals surface area contributed by atoms with Crippen molar-refractivity contribution in [1.82, 2.24) is 9.97 Å². The molecule has 1 aromatic carbocycles. The highest BCUT2D eigenvalue weighted by Crippen LogP contribution is 2.33. The van der Waals surface area contributed by atoms with Gasteiger partial charge in [-0.25, -0.2) is 9.97 Å². The Morgan fingerprint density at radius 2 is 2.05 bits per heavy atom. The van der Waals surface area contributed by atoms with E-state index in [2.05, 4.69) is 9.97 Å². The van der Waals surface area contributed by atoms with E-state index in [0.717, 1.165) is 28.3 Å². The summed E-state index contributed by atoms with van der Waals surface area (Å²) in [7, 11) is 0. The number of nitrogens with zero attached hydrogens (tertiary/aromatic N) is 2. The molecule has 2 N–H and O–H groups in total. The molecule has 19 heavy (non-hydrogen) atoms. The lowest BCUT2D eigenvalue weighted by Crippen LogP contribution is -2.03. The van der Waals surface area contributed by atoms with Crippen molar-refractivity contribution in [2.45, 2.75) is 13.3 Å². The van der Waals surface area contributed by atoms with Crippen LogP contribution in [0.4, 0.5) is 5.95 Å². The van der Waals surface area contributed by atoms with E-state index in [9.17, 15) is 0 Å².